The number of nitrogens with two attached hydrogens (primary N) is 1. The van der Waals surface area contributed by atoms with Crippen LogP contribution in [0.5, 0.6) is 6.01 Å². The number of nitrogens with zero attached hydrogens (tertiary/aromatic N) is 3. The van der Waals surface area contributed by atoms with Crippen LogP contribution in [0.25, 0.3) is 11.0 Å². The molecule has 2 aliphatic carbocycles. The molecule has 52 heavy (non-hydrogen) atoms. The average molecular weight is 732 g/mol. The molecule has 0 radical (unpaired) electrons. The Bertz CT molecular complexity index is 1990. The number of hydrogen-bond acceptors (Lipinski definition) is 9. The van der Waals surface area contributed by atoms with Crippen LogP contribution >= 0.6 is 0 Å². The number of nitrogens with one attached hydrogen (secondary N) is 3. The summed E-state index contributed by atoms with van der Waals surface area (Å²) in [7, 11) is -3.95. The molecule has 3 amide bonds. The van der Waals surface area contributed by atoms with Gasteiger partial charge in [0.25, 0.3) is 11.9 Å². The van der Waals surface area contributed by atoms with E-state index in [-0.39, 0.29) is 37.3 Å². The molecule has 5 atom stereocenters. The van der Waals surface area contributed by atoms with E-state index in [0.29, 0.717) is 36.5 Å². The maximum absolute atomic E-state index is 14.6. The van der Waals surface area contributed by atoms with E-state index in [0.717, 1.165) is 36.9 Å². The van der Waals surface area contributed by atoms with E-state index in [9.17, 15) is 22.8 Å². The fourth-order valence-electron chi connectivity index (χ4n) is 7.53. The van der Waals surface area contributed by atoms with Gasteiger partial charge in [0.15, 0.2) is 0 Å². The Morgan fingerprint density at radius 2 is 1.85 bits per heavy atom. The lowest BCUT2D eigenvalue weighted by Crippen LogP contribution is -2.58. The Kier molecular flexibility index (Phi) is 9.47. The molecular weight excluding hydrogens is 683 g/mol. The van der Waals surface area contributed by atoms with Gasteiger partial charge in [-0.15, -0.1) is 0 Å². The van der Waals surface area contributed by atoms with Crippen LogP contribution in [0, 0.1) is 5.92 Å². The van der Waals surface area contributed by atoms with Crippen LogP contribution in [-0.2, 0) is 24.4 Å². The molecule has 0 spiro atoms. The number of aromatic nitrogens is 2. The molecule has 3 fully saturated rings. The highest BCUT2D eigenvalue weighted by Gasteiger charge is 2.63. The number of para-hydroxylation sites is 2. The third-order valence-electron chi connectivity index (χ3n) is 11.1. The number of hydrogen-bond donors (Lipinski definition) is 4. The number of ether oxygens (including phenoxy) is 1. The molecule has 5 N–H and O–H groups in total. The maximum atomic E-state index is 14.6. The summed E-state index contributed by atoms with van der Waals surface area (Å²) < 4.78 is 36.1. The Hall–Kier alpha value is -4.59. The van der Waals surface area contributed by atoms with Crippen molar-refractivity contribution in [2.24, 2.45) is 5.92 Å². The number of fused-ring (bicyclic) bond motifs is 3. The molecule has 1 aromatic heterocycles. The molecule has 3 aromatic rings. The molecule has 2 aromatic carbocycles. The van der Waals surface area contributed by atoms with E-state index >= 15 is 0 Å². The number of amides is 3. The number of rotatable bonds is 8. The minimum absolute atomic E-state index is 0.0227. The van der Waals surface area contributed by atoms with E-state index < -0.39 is 50.3 Å². The first-order chi connectivity index (χ1) is 24.8. The minimum Gasteiger partial charge on any atom is -0.459 e. The molecular formula is C38H49N7O6S. The van der Waals surface area contributed by atoms with Gasteiger partial charge in [0.1, 0.15) is 29.2 Å². The highest BCUT2D eigenvalue weighted by molar-refractivity contribution is 7.91. The summed E-state index contributed by atoms with van der Waals surface area (Å²) in [5.74, 6) is -1.91. The van der Waals surface area contributed by atoms with Crippen LogP contribution in [0.15, 0.2) is 60.7 Å². The summed E-state index contributed by atoms with van der Waals surface area (Å²) in [4.78, 5) is 49.2. The second-order valence-electron chi connectivity index (χ2n) is 15.3. The number of allylic oxidation sites excluding steroid dienone is 1. The quantitative estimate of drug-likeness (QED) is 0.193. The number of carbonyl (C=O) groups is 3. The molecule has 7 rings (SSSR count). The fraction of sp³-hybridized carbons (Fsp3) is 0.526. The standard InChI is InChI=1S/C38H49N7O6S/c1-24(2)45-30-18-12-16-28(39)32(30)41-36(45)51-27-21-31-33(46)42-38(35(48)43-52(49,50)37(3)19-20-37)22-25(38)13-8-5-4-6-11-17-29(34(47)44(31)23-27)40-26-14-9-7-10-15-26/h7-10,12-16,18,24-25,27,29,31,40H,4-6,11,17,19-23,39H2,1-3H3,(H,42,46)(H,43,48)/b13-8-/t25-,27-,29+,31+,38-/m1/s1. The van der Waals surface area contributed by atoms with E-state index in [2.05, 4.69) is 15.4 Å². The van der Waals surface area contributed by atoms with Crippen LogP contribution in [0.1, 0.15) is 84.6 Å². The molecule has 4 aliphatic rings. The molecule has 14 heteroatoms. The molecule has 278 valence electrons. The molecule has 0 unspecified atom stereocenters. The van der Waals surface area contributed by atoms with Crippen molar-refractivity contribution >= 4 is 50.2 Å². The van der Waals surface area contributed by atoms with E-state index in [1.54, 1.807) is 17.9 Å². The van der Waals surface area contributed by atoms with Gasteiger partial charge in [-0.1, -0.05) is 49.3 Å². The van der Waals surface area contributed by atoms with Gasteiger partial charge >= 0.3 is 0 Å². The fourth-order valence-corrected chi connectivity index (χ4v) is 8.84. The second kappa shape index (κ2) is 13.8. The topological polar surface area (TPSA) is 178 Å². The smallest absolute Gasteiger partial charge is 0.298 e. The van der Waals surface area contributed by atoms with Crippen LogP contribution in [0.4, 0.5) is 11.4 Å². The minimum atomic E-state index is -3.95. The Labute approximate surface area is 304 Å². The zero-order chi connectivity index (χ0) is 36.8. The van der Waals surface area contributed by atoms with Crippen molar-refractivity contribution in [3.8, 4) is 6.01 Å². The van der Waals surface area contributed by atoms with Crippen molar-refractivity contribution in [1.82, 2.24) is 24.5 Å². The lowest BCUT2D eigenvalue weighted by Gasteiger charge is -2.30. The summed E-state index contributed by atoms with van der Waals surface area (Å²) in [5, 5.41) is 6.37. The molecule has 13 nitrogen and oxygen atoms in total. The van der Waals surface area contributed by atoms with E-state index in [1.807, 2.05) is 73.0 Å². The van der Waals surface area contributed by atoms with Crippen molar-refractivity contribution in [1.29, 1.82) is 0 Å². The van der Waals surface area contributed by atoms with Crippen molar-refractivity contribution < 1.29 is 27.5 Å². The highest BCUT2D eigenvalue weighted by Crippen LogP contribution is 2.47. The highest BCUT2D eigenvalue weighted by atomic mass is 32.2. The van der Waals surface area contributed by atoms with Gasteiger partial charge in [0.05, 0.1) is 22.5 Å². The van der Waals surface area contributed by atoms with E-state index in [1.165, 1.54) is 0 Å². The van der Waals surface area contributed by atoms with E-state index in [4.69, 9.17) is 15.5 Å². The second-order valence-corrected chi connectivity index (χ2v) is 17.5. The molecule has 1 saturated heterocycles. The van der Waals surface area contributed by atoms with Gasteiger partial charge in [-0.3, -0.25) is 23.7 Å². The number of carbonyl (C=O) groups excluding carboxylic acids is 3. The number of sulfonamides is 1. The number of benzene rings is 2. The zero-order valence-corrected chi connectivity index (χ0v) is 30.8. The predicted octanol–water partition coefficient (Wildman–Crippen LogP) is 4.42. The summed E-state index contributed by atoms with van der Waals surface area (Å²) >= 11 is 0. The molecule has 2 aliphatic heterocycles. The number of anilines is 2. The number of imidazole rings is 1. The summed E-state index contributed by atoms with van der Waals surface area (Å²) in [6.07, 6.45) is 8.53. The average Bonchev–Trinajstić information content (AvgIpc) is 3.92. The lowest BCUT2D eigenvalue weighted by atomic mass is 10.0. The van der Waals surface area contributed by atoms with Crippen LogP contribution in [-0.4, -0.2) is 75.6 Å². The van der Waals surface area contributed by atoms with Crippen LogP contribution in [0.2, 0.25) is 0 Å². The third-order valence-corrected chi connectivity index (χ3v) is 13.3. The number of nitrogen functional groups attached to an aromatic ring is 1. The SMILES string of the molecule is CC(C)n1c(O[C@@H]2C[C@H]3C(=O)N[C@]4(C(=O)NS(=O)(=O)C5(C)CC5)C[C@H]4/C=C\CCCCC[C@H](Nc4ccccc4)C(=O)N3C2)nc2c(N)cccc21. The molecule has 2 saturated carbocycles. The van der Waals surface area contributed by atoms with Gasteiger partial charge < -0.3 is 26.0 Å². The summed E-state index contributed by atoms with van der Waals surface area (Å²) in [6, 6.07) is 13.8. The first-order valence-electron chi connectivity index (χ1n) is 18.4. The summed E-state index contributed by atoms with van der Waals surface area (Å²) in [6.45, 7) is 5.75. The summed E-state index contributed by atoms with van der Waals surface area (Å²) in [5.41, 5.74) is 7.55. The normalized spacial score (nSPS) is 28.2. The van der Waals surface area contributed by atoms with Crippen LogP contribution < -0.4 is 25.8 Å². The van der Waals surface area contributed by atoms with Crippen molar-refractivity contribution in [3.63, 3.8) is 0 Å². The zero-order valence-electron chi connectivity index (χ0n) is 30.0. The van der Waals surface area contributed by atoms with Gasteiger partial charge in [-0.2, -0.15) is 4.98 Å². The Balaban J connectivity index is 1.21. The van der Waals surface area contributed by atoms with Crippen molar-refractivity contribution in [3.05, 3.63) is 60.7 Å². The molecule has 0 bridgehead atoms. The largest absolute Gasteiger partial charge is 0.459 e. The predicted molar refractivity (Wildman–Crippen MR) is 199 cm³/mol. The van der Waals surface area contributed by atoms with Crippen LogP contribution in [0.3, 0.4) is 0 Å². The van der Waals surface area contributed by atoms with Gasteiger partial charge in [-0.25, -0.2) is 8.42 Å². The lowest BCUT2D eigenvalue weighted by molar-refractivity contribution is -0.140. The maximum Gasteiger partial charge on any atom is 0.298 e. The first-order valence-corrected chi connectivity index (χ1v) is 19.9. The Morgan fingerprint density at radius 1 is 1.08 bits per heavy atom. The molecule has 3 heterocycles. The monoisotopic (exact) mass is 731 g/mol. The van der Waals surface area contributed by atoms with Crippen molar-refractivity contribution in [2.75, 3.05) is 17.6 Å². The van der Waals surface area contributed by atoms with Gasteiger partial charge in [0, 0.05) is 24.1 Å². The third kappa shape index (κ3) is 6.84. The van der Waals surface area contributed by atoms with Gasteiger partial charge in [-0.05, 0) is 83.6 Å². The van der Waals surface area contributed by atoms with Crippen molar-refractivity contribution in [2.45, 2.75) is 113 Å². The van der Waals surface area contributed by atoms with Gasteiger partial charge in [0.2, 0.25) is 21.8 Å². The Morgan fingerprint density at radius 3 is 2.58 bits per heavy atom. The first kappa shape index (κ1) is 35.8.